The molecule has 2 aromatic heterocycles. The van der Waals surface area contributed by atoms with Crippen molar-refractivity contribution in [2.45, 2.75) is 12.7 Å². The number of aromatic nitrogens is 3. The summed E-state index contributed by atoms with van der Waals surface area (Å²) in [6.07, 6.45) is 0.399. The summed E-state index contributed by atoms with van der Waals surface area (Å²) in [6.45, 7) is 0. The van der Waals surface area contributed by atoms with E-state index in [0.29, 0.717) is 10.0 Å². The molecule has 0 atom stereocenters. The Kier molecular flexibility index (Phi) is 3.00. The zero-order valence-electron chi connectivity index (χ0n) is 7.74. The molecule has 0 radical (unpaired) electrons. The van der Waals surface area contributed by atoms with E-state index in [0.717, 1.165) is 5.69 Å². The van der Waals surface area contributed by atoms with Crippen LogP contribution in [-0.2, 0) is 6.42 Å². The van der Waals surface area contributed by atoms with Crippen LogP contribution in [0.1, 0.15) is 5.01 Å². The zero-order chi connectivity index (χ0) is 10.7. The van der Waals surface area contributed by atoms with Gasteiger partial charge in [-0.1, -0.05) is 17.4 Å². The Hall–Kier alpha value is -1.37. The minimum Gasteiger partial charge on any atom is -0.368 e. The third kappa shape index (κ3) is 2.56. The molecule has 0 aliphatic rings. The molecule has 0 bridgehead atoms. The van der Waals surface area contributed by atoms with Gasteiger partial charge in [-0.05, 0) is 12.1 Å². The summed E-state index contributed by atoms with van der Waals surface area (Å²) < 4.78 is 0. The van der Waals surface area contributed by atoms with E-state index < -0.39 is 6.29 Å². The molecular weight excluding hydrogens is 214 g/mol. The van der Waals surface area contributed by atoms with E-state index >= 15 is 0 Å². The zero-order valence-corrected chi connectivity index (χ0v) is 8.55. The highest BCUT2D eigenvalue weighted by molar-refractivity contribution is 7.14. The van der Waals surface area contributed by atoms with Crippen LogP contribution in [0.15, 0.2) is 24.4 Å². The van der Waals surface area contributed by atoms with Crippen molar-refractivity contribution >= 4 is 11.3 Å². The van der Waals surface area contributed by atoms with E-state index in [4.69, 9.17) is 10.2 Å². The van der Waals surface area contributed by atoms with Gasteiger partial charge in [0, 0.05) is 6.20 Å². The van der Waals surface area contributed by atoms with Gasteiger partial charge in [0.1, 0.15) is 10.7 Å². The van der Waals surface area contributed by atoms with Crippen LogP contribution in [0, 0.1) is 0 Å². The molecule has 15 heavy (non-hydrogen) atoms. The molecule has 0 fully saturated rings. The van der Waals surface area contributed by atoms with Gasteiger partial charge >= 0.3 is 0 Å². The highest BCUT2D eigenvalue weighted by atomic mass is 32.1. The molecular formula is C9H9N3O2S. The molecule has 0 aliphatic heterocycles. The predicted molar refractivity (Wildman–Crippen MR) is 55.1 cm³/mol. The average molecular weight is 223 g/mol. The maximum atomic E-state index is 8.76. The molecule has 0 saturated heterocycles. The Morgan fingerprint density at radius 1 is 1.27 bits per heavy atom. The number of pyridine rings is 1. The van der Waals surface area contributed by atoms with E-state index in [1.165, 1.54) is 11.3 Å². The summed E-state index contributed by atoms with van der Waals surface area (Å²) in [4.78, 5) is 4.12. The SMILES string of the molecule is OC(O)Cc1nnc(-c2ccccn2)s1. The summed E-state index contributed by atoms with van der Waals surface area (Å²) >= 11 is 1.31. The highest BCUT2D eigenvalue weighted by Crippen LogP contribution is 2.21. The van der Waals surface area contributed by atoms with Gasteiger partial charge in [0.2, 0.25) is 0 Å². The third-order valence-corrected chi connectivity index (χ3v) is 2.68. The van der Waals surface area contributed by atoms with E-state index in [1.54, 1.807) is 6.20 Å². The largest absolute Gasteiger partial charge is 0.368 e. The molecule has 0 unspecified atom stereocenters. The number of rotatable bonds is 3. The summed E-state index contributed by atoms with van der Waals surface area (Å²) in [5, 5.41) is 26.6. The number of nitrogens with zero attached hydrogens (tertiary/aromatic N) is 3. The van der Waals surface area contributed by atoms with Gasteiger partial charge in [-0.15, -0.1) is 10.2 Å². The summed E-state index contributed by atoms with van der Waals surface area (Å²) in [5.41, 5.74) is 0.744. The third-order valence-electron chi connectivity index (χ3n) is 1.71. The number of hydrogen-bond donors (Lipinski definition) is 2. The maximum Gasteiger partial charge on any atom is 0.166 e. The minimum atomic E-state index is -1.38. The van der Waals surface area contributed by atoms with Crippen LogP contribution in [0.4, 0.5) is 0 Å². The lowest BCUT2D eigenvalue weighted by atomic mass is 10.4. The van der Waals surface area contributed by atoms with Crippen molar-refractivity contribution in [3.63, 3.8) is 0 Å². The van der Waals surface area contributed by atoms with E-state index in [9.17, 15) is 0 Å². The molecule has 0 aromatic carbocycles. The molecule has 0 aliphatic carbocycles. The Labute approximate surface area is 90.1 Å². The molecule has 2 aromatic rings. The number of aliphatic hydroxyl groups excluding tert-OH is 1. The molecule has 78 valence electrons. The molecule has 0 amide bonds. The molecule has 2 N–H and O–H groups in total. The van der Waals surface area contributed by atoms with Crippen molar-refractivity contribution in [1.29, 1.82) is 0 Å². The summed E-state index contributed by atoms with van der Waals surface area (Å²) in [7, 11) is 0. The fraction of sp³-hybridized carbons (Fsp3) is 0.222. The monoisotopic (exact) mass is 223 g/mol. The Bertz CT molecular complexity index is 430. The lowest BCUT2D eigenvalue weighted by Gasteiger charge is -1.96. The first-order chi connectivity index (χ1) is 7.25. The van der Waals surface area contributed by atoms with Crippen LogP contribution in [0.2, 0.25) is 0 Å². The molecule has 6 heteroatoms. The Balaban J connectivity index is 2.21. The van der Waals surface area contributed by atoms with Gasteiger partial charge in [-0.2, -0.15) is 0 Å². The maximum absolute atomic E-state index is 8.76. The number of aliphatic hydroxyl groups is 2. The highest BCUT2D eigenvalue weighted by Gasteiger charge is 2.09. The molecule has 0 spiro atoms. The van der Waals surface area contributed by atoms with Crippen molar-refractivity contribution in [2.75, 3.05) is 0 Å². The van der Waals surface area contributed by atoms with Crippen molar-refractivity contribution < 1.29 is 10.2 Å². The fourth-order valence-corrected chi connectivity index (χ4v) is 1.93. The van der Waals surface area contributed by atoms with Crippen LogP contribution in [0.5, 0.6) is 0 Å². The lowest BCUT2D eigenvalue weighted by Crippen LogP contribution is -2.07. The predicted octanol–water partition coefficient (Wildman–Crippen LogP) is 0.453. The minimum absolute atomic E-state index is 0.102. The van der Waals surface area contributed by atoms with Crippen molar-refractivity contribution in [3.05, 3.63) is 29.4 Å². The van der Waals surface area contributed by atoms with Crippen molar-refractivity contribution in [2.24, 2.45) is 0 Å². The molecule has 2 rings (SSSR count). The molecule has 0 saturated carbocycles. The smallest absolute Gasteiger partial charge is 0.166 e. The van der Waals surface area contributed by atoms with Gasteiger partial charge in [0.05, 0.1) is 6.42 Å². The van der Waals surface area contributed by atoms with Gasteiger partial charge < -0.3 is 10.2 Å². The molecule has 2 heterocycles. The van der Waals surface area contributed by atoms with Gasteiger partial charge in [0.15, 0.2) is 11.3 Å². The Morgan fingerprint density at radius 3 is 2.80 bits per heavy atom. The standard InChI is InChI=1S/C9H9N3O2S/c13-8(14)5-7-11-12-9(15-7)6-3-1-2-4-10-6/h1-4,8,13-14H,5H2. The second kappa shape index (κ2) is 4.43. The van der Waals surface area contributed by atoms with Crippen LogP contribution < -0.4 is 0 Å². The average Bonchev–Trinajstić information content (AvgIpc) is 2.67. The van der Waals surface area contributed by atoms with Gasteiger partial charge in [-0.3, -0.25) is 4.98 Å². The number of hydrogen-bond acceptors (Lipinski definition) is 6. The Morgan fingerprint density at radius 2 is 2.13 bits per heavy atom. The van der Waals surface area contributed by atoms with Gasteiger partial charge in [0.25, 0.3) is 0 Å². The fourth-order valence-electron chi connectivity index (χ4n) is 1.09. The first kappa shape index (κ1) is 10.2. The van der Waals surface area contributed by atoms with E-state index in [2.05, 4.69) is 15.2 Å². The first-order valence-corrected chi connectivity index (χ1v) is 5.17. The van der Waals surface area contributed by atoms with Crippen LogP contribution in [0.25, 0.3) is 10.7 Å². The van der Waals surface area contributed by atoms with E-state index in [-0.39, 0.29) is 6.42 Å². The lowest BCUT2D eigenvalue weighted by molar-refractivity contribution is -0.0382. The summed E-state index contributed by atoms with van der Waals surface area (Å²) in [6, 6.07) is 5.52. The molecule has 5 nitrogen and oxygen atoms in total. The van der Waals surface area contributed by atoms with Crippen molar-refractivity contribution in [1.82, 2.24) is 15.2 Å². The quantitative estimate of drug-likeness (QED) is 0.739. The van der Waals surface area contributed by atoms with E-state index in [1.807, 2.05) is 18.2 Å². The second-order valence-electron chi connectivity index (χ2n) is 2.90. The van der Waals surface area contributed by atoms with Crippen molar-refractivity contribution in [3.8, 4) is 10.7 Å². The topological polar surface area (TPSA) is 79.1 Å². The van der Waals surface area contributed by atoms with Gasteiger partial charge in [-0.25, -0.2) is 0 Å². The summed E-state index contributed by atoms with van der Waals surface area (Å²) in [5.74, 6) is 0. The second-order valence-corrected chi connectivity index (χ2v) is 3.96. The van der Waals surface area contributed by atoms with Crippen LogP contribution in [-0.4, -0.2) is 31.7 Å². The van der Waals surface area contributed by atoms with Crippen LogP contribution in [0.3, 0.4) is 0 Å². The normalized spacial score (nSPS) is 10.9. The van der Waals surface area contributed by atoms with Crippen LogP contribution >= 0.6 is 11.3 Å². The first-order valence-electron chi connectivity index (χ1n) is 4.35.